The maximum Gasteiger partial charge on any atom is 0.328 e. The summed E-state index contributed by atoms with van der Waals surface area (Å²) in [5.74, 6) is -0.987. The molecule has 1 aliphatic heterocycles. The van der Waals surface area contributed by atoms with Crippen molar-refractivity contribution in [1.82, 2.24) is 4.90 Å². The van der Waals surface area contributed by atoms with E-state index in [2.05, 4.69) is 0 Å². The highest BCUT2D eigenvalue weighted by atomic mass is 16.6. The first-order valence-electron chi connectivity index (χ1n) is 6.68. The third-order valence-electron chi connectivity index (χ3n) is 3.57. The van der Waals surface area contributed by atoms with Crippen LogP contribution in [0.4, 0.5) is 5.69 Å². The Morgan fingerprint density at radius 1 is 1.33 bits per heavy atom. The smallest absolute Gasteiger partial charge is 0.328 e. The van der Waals surface area contributed by atoms with Crippen LogP contribution in [0.15, 0.2) is 24.3 Å². The molecule has 1 atom stereocenters. The summed E-state index contributed by atoms with van der Waals surface area (Å²) in [6, 6.07) is 5.09. The Morgan fingerprint density at radius 3 is 2.71 bits per heavy atom. The Balaban J connectivity index is 2.33. The highest BCUT2D eigenvalue weighted by molar-refractivity contribution is 6.00. The third kappa shape index (κ3) is 3.01. The molecule has 1 fully saturated rings. The third-order valence-corrected chi connectivity index (χ3v) is 3.57. The molecular weight excluding hydrogens is 276 g/mol. The highest BCUT2D eigenvalue weighted by Crippen LogP contribution is 2.25. The first kappa shape index (κ1) is 15.0. The zero-order valence-electron chi connectivity index (χ0n) is 11.7. The van der Waals surface area contributed by atoms with Crippen molar-refractivity contribution in [2.45, 2.75) is 25.3 Å². The molecule has 1 saturated heterocycles. The van der Waals surface area contributed by atoms with Crippen LogP contribution < -0.4 is 0 Å². The maximum absolute atomic E-state index is 12.6. The van der Waals surface area contributed by atoms with Gasteiger partial charge in [-0.3, -0.25) is 14.9 Å². The van der Waals surface area contributed by atoms with Crippen LogP contribution >= 0.6 is 0 Å². The Hall–Kier alpha value is -2.44. The molecule has 2 rings (SSSR count). The minimum Gasteiger partial charge on any atom is -0.467 e. The number of carbonyl (C=O) groups excluding carboxylic acids is 2. The van der Waals surface area contributed by atoms with Crippen LogP contribution in [0, 0.1) is 10.1 Å². The molecule has 0 radical (unpaired) electrons. The quantitative estimate of drug-likeness (QED) is 0.481. The number of nitro benzene ring substituents is 1. The van der Waals surface area contributed by atoms with Gasteiger partial charge >= 0.3 is 5.97 Å². The second-order valence-corrected chi connectivity index (χ2v) is 4.81. The van der Waals surface area contributed by atoms with Crippen LogP contribution in [0.3, 0.4) is 0 Å². The monoisotopic (exact) mass is 292 g/mol. The van der Waals surface area contributed by atoms with Gasteiger partial charge in [0.15, 0.2) is 0 Å². The topological polar surface area (TPSA) is 89.8 Å². The number of benzene rings is 1. The molecule has 7 nitrogen and oxygen atoms in total. The van der Waals surface area contributed by atoms with Gasteiger partial charge in [-0.25, -0.2) is 4.79 Å². The minimum absolute atomic E-state index is 0.00157. The first-order chi connectivity index (χ1) is 10.1. The molecule has 1 heterocycles. The second-order valence-electron chi connectivity index (χ2n) is 4.81. The minimum atomic E-state index is -0.670. The van der Waals surface area contributed by atoms with Crippen molar-refractivity contribution in [2.24, 2.45) is 0 Å². The van der Waals surface area contributed by atoms with Crippen molar-refractivity contribution in [3.63, 3.8) is 0 Å². The van der Waals surface area contributed by atoms with Gasteiger partial charge in [-0.2, -0.15) is 0 Å². The molecule has 0 saturated carbocycles. The Morgan fingerprint density at radius 2 is 2.05 bits per heavy atom. The lowest BCUT2D eigenvalue weighted by Crippen LogP contribution is -2.48. The molecule has 1 aromatic rings. The molecule has 0 aliphatic carbocycles. The molecule has 1 amide bonds. The number of nitro groups is 1. The average Bonchev–Trinajstić information content (AvgIpc) is 2.53. The van der Waals surface area contributed by atoms with Crippen molar-refractivity contribution in [2.75, 3.05) is 13.7 Å². The fourth-order valence-corrected chi connectivity index (χ4v) is 2.52. The summed E-state index contributed by atoms with van der Waals surface area (Å²) in [7, 11) is 1.27. The van der Waals surface area contributed by atoms with Crippen LogP contribution in [0.1, 0.15) is 29.6 Å². The van der Waals surface area contributed by atoms with Crippen molar-refractivity contribution in [1.29, 1.82) is 0 Å². The van der Waals surface area contributed by atoms with Crippen molar-refractivity contribution >= 4 is 17.6 Å². The number of hydrogen-bond donors (Lipinski definition) is 0. The van der Waals surface area contributed by atoms with Crippen molar-refractivity contribution in [3.05, 3.63) is 39.9 Å². The largest absolute Gasteiger partial charge is 0.467 e. The number of para-hydroxylation sites is 1. The summed E-state index contributed by atoms with van der Waals surface area (Å²) >= 11 is 0. The number of methoxy groups -OCH3 is 1. The molecule has 0 unspecified atom stereocenters. The van der Waals surface area contributed by atoms with Gasteiger partial charge in [0.05, 0.1) is 12.0 Å². The van der Waals surface area contributed by atoms with E-state index in [-0.39, 0.29) is 11.3 Å². The summed E-state index contributed by atoms with van der Waals surface area (Å²) in [6.45, 7) is 0.394. The molecule has 7 heteroatoms. The Labute approximate surface area is 121 Å². The summed E-state index contributed by atoms with van der Waals surface area (Å²) in [5, 5.41) is 11.0. The van der Waals surface area contributed by atoms with Crippen LogP contribution in [0.2, 0.25) is 0 Å². The van der Waals surface area contributed by atoms with Gasteiger partial charge in [-0.15, -0.1) is 0 Å². The maximum atomic E-state index is 12.6. The van der Waals surface area contributed by atoms with Crippen molar-refractivity contribution in [3.8, 4) is 0 Å². The number of piperidine rings is 1. The van der Waals surface area contributed by atoms with Crippen LogP contribution in [0.25, 0.3) is 0 Å². The van der Waals surface area contributed by atoms with Gasteiger partial charge in [0.25, 0.3) is 11.6 Å². The lowest BCUT2D eigenvalue weighted by atomic mass is 10.0. The van der Waals surface area contributed by atoms with E-state index in [0.717, 1.165) is 12.8 Å². The van der Waals surface area contributed by atoms with E-state index in [1.54, 1.807) is 6.07 Å². The fraction of sp³-hybridized carbons (Fsp3) is 0.429. The summed E-state index contributed by atoms with van der Waals surface area (Å²) in [5.41, 5.74) is -0.255. The van der Waals surface area contributed by atoms with Gasteiger partial charge in [-0.05, 0) is 25.3 Å². The number of hydrogen-bond acceptors (Lipinski definition) is 5. The molecular formula is C14H16N2O5. The fourth-order valence-electron chi connectivity index (χ4n) is 2.52. The standard InChI is InChI=1S/C14H16N2O5/c1-21-14(18)12-8-4-5-9-15(12)13(17)10-6-2-3-7-11(10)16(19)20/h2-3,6-7,12H,4-5,8-9H2,1H3/t12-/m1/s1. The zero-order chi connectivity index (χ0) is 15.4. The van der Waals surface area contributed by atoms with E-state index in [1.807, 2.05) is 0 Å². The van der Waals surface area contributed by atoms with Gasteiger partial charge in [0.2, 0.25) is 0 Å². The molecule has 21 heavy (non-hydrogen) atoms. The first-order valence-corrected chi connectivity index (χ1v) is 6.68. The van der Waals surface area contributed by atoms with Gasteiger partial charge < -0.3 is 9.64 Å². The molecule has 0 spiro atoms. The number of esters is 1. The summed E-state index contributed by atoms with van der Waals surface area (Å²) in [4.78, 5) is 36.2. The van der Waals surface area contributed by atoms with E-state index in [0.29, 0.717) is 13.0 Å². The molecule has 112 valence electrons. The second kappa shape index (κ2) is 6.34. The van der Waals surface area contributed by atoms with E-state index in [4.69, 9.17) is 4.74 Å². The van der Waals surface area contributed by atoms with E-state index < -0.39 is 22.8 Å². The number of ether oxygens (including phenoxy) is 1. The Bertz CT molecular complexity index is 572. The van der Waals surface area contributed by atoms with Crippen LogP contribution in [0.5, 0.6) is 0 Å². The SMILES string of the molecule is COC(=O)[C@H]1CCCCN1C(=O)c1ccccc1[N+](=O)[O-]. The lowest BCUT2D eigenvalue weighted by Gasteiger charge is -2.33. The summed E-state index contributed by atoms with van der Waals surface area (Å²) in [6.07, 6.45) is 2.10. The molecule has 0 bridgehead atoms. The molecule has 0 N–H and O–H groups in total. The van der Waals surface area contributed by atoms with Crippen LogP contribution in [-0.4, -0.2) is 41.4 Å². The number of amides is 1. The van der Waals surface area contributed by atoms with Gasteiger partial charge in [0.1, 0.15) is 11.6 Å². The lowest BCUT2D eigenvalue weighted by molar-refractivity contribution is -0.385. The number of nitrogens with zero attached hydrogens (tertiary/aromatic N) is 2. The van der Waals surface area contributed by atoms with E-state index >= 15 is 0 Å². The van der Waals surface area contributed by atoms with Gasteiger partial charge in [0, 0.05) is 12.6 Å². The highest BCUT2D eigenvalue weighted by Gasteiger charge is 2.35. The Kier molecular flexibility index (Phi) is 4.52. The summed E-state index contributed by atoms with van der Waals surface area (Å²) < 4.78 is 4.72. The van der Waals surface area contributed by atoms with Crippen LogP contribution in [-0.2, 0) is 9.53 Å². The number of likely N-dealkylation sites (tertiary alicyclic amines) is 1. The van der Waals surface area contributed by atoms with E-state index in [9.17, 15) is 19.7 Å². The molecule has 0 aromatic heterocycles. The van der Waals surface area contributed by atoms with Crippen molar-refractivity contribution < 1.29 is 19.2 Å². The van der Waals surface area contributed by atoms with Gasteiger partial charge in [-0.1, -0.05) is 12.1 Å². The molecule has 1 aliphatic rings. The predicted octanol–water partition coefficient (Wildman–Crippen LogP) is 1.76. The normalized spacial score (nSPS) is 18.1. The number of carbonyl (C=O) groups is 2. The molecule has 1 aromatic carbocycles. The average molecular weight is 292 g/mol. The number of rotatable bonds is 3. The predicted molar refractivity (Wildman–Crippen MR) is 73.8 cm³/mol. The van der Waals surface area contributed by atoms with E-state index in [1.165, 1.54) is 30.2 Å². The zero-order valence-corrected chi connectivity index (χ0v) is 11.7.